The number of benzene rings is 1. The highest BCUT2D eigenvalue weighted by Gasteiger charge is 2.29. The van der Waals surface area contributed by atoms with Crippen molar-refractivity contribution in [1.29, 1.82) is 0 Å². The van der Waals surface area contributed by atoms with E-state index in [1.54, 1.807) is 0 Å². The van der Waals surface area contributed by atoms with E-state index in [0.29, 0.717) is 17.4 Å². The molecule has 3 unspecified atom stereocenters. The van der Waals surface area contributed by atoms with Crippen molar-refractivity contribution in [2.24, 2.45) is 11.8 Å². The average Bonchev–Trinajstić information content (AvgIpc) is 2.43. The van der Waals surface area contributed by atoms with Gasteiger partial charge in [0.15, 0.2) is 0 Å². The molecule has 21 heavy (non-hydrogen) atoms. The van der Waals surface area contributed by atoms with Gasteiger partial charge in [0, 0.05) is 6.04 Å². The summed E-state index contributed by atoms with van der Waals surface area (Å²) >= 11 is 0. The monoisotopic (exact) mass is 315 g/mol. The normalized spacial score (nSPS) is 26.8. The van der Waals surface area contributed by atoms with Gasteiger partial charge in [-0.2, -0.15) is 0 Å². The molecule has 0 bridgehead atoms. The van der Waals surface area contributed by atoms with Gasteiger partial charge in [-0.25, -0.2) is 17.5 Å². The number of hydrogen-bond donors (Lipinski definition) is 2. The number of aliphatic hydroxyl groups is 1. The zero-order valence-electron chi connectivity index (χ0n) is 12.3. The fraction of sp³-hybridized carbons (Fsp3) is 0.600. The summed E-state index contributed by atoms with van der Waals surface area (Å²) in [7, 11) is -3.90. The summed E-state index contributed by atoms with van der Waals surface area (Å²) in [5.74, 6) is 0.234. The summed E-state index contributed by atoms with van der Waals surface area (Å²) in [5, 5.41) is 9.07. The highest BCUT2D eigenvalue weighted by atomic mass is 32.2. The molecule has 1 aromatic carbocycles. The maximum absolute atomic E-state index is 13.8. The molecule has 0 saturated heterocycles. The molecule has 6 heteroatoms. The van der Waals surface area contributed by atoms with Crippen molar-refractivity contribution in [1.82, 2.24) is 4.72 Å². The molecule has 3 atom stereocenters. The first-order valence-electron chi connectivity index (χ1n) is 7.25. The summed E-state index contributed by atoms with van der Waals surface area (Å²) in [6.45, 7) is 3.96. The van der Waals surface area contributed by atoms with Crippen LogP contribution in [0.3, 0.4) is 0 Å². The van der Waals surface area contributed by atoms with Crippen molar-refractivity contribution < 1.29 is 17.9 Å². The highest BCUT2D eigenvalue weighted by Crippen LogP contribution is 2.30. The predicted molar refractivity (Wildman–Crippen MR) is 78.6 cm³/mol. The minimum atomic E-state index is -3.90. The van der Waals surface area contributed by atoms with Crippen LogP contribution in [0, 0.1) is 17.7 Å². The van der Waals surface area contributed by atoms with Crippen LogP contribution in [0.5, 0.6) is 0 Å². The molecule has 1 aliphatic rings. The molecule has 0 spiro atoms. The van der Waals surface area contributed by atoms with Crippen molar-refractivity contribution in [3.8, 4) is 0 Å². The Labute approximate surface area is 125 Å². The lowest BCUT2D eigenvalue weighted by Crippen LogP contribution is -2.40. The van der Waals surface area contributed by atoms with Crippen molar-refractivity contribution in [2.45, 2.75) is 50.7 Å². The molecule has 0 radical (unpaired) electrons. The zero-order valence-corrected chi connectivity index (χ0v) is 13.2. The van der Waals surface area contributed by atoms with E-state index in [1.807, 2.05) is 0 Å². The molecular weight excluding hydrogens is 293 g/mol. The number of nitrogens with one attached hydrogen (secondary N) is 1. The Kier molecular flexibility index (Phi) is 5.01. The molecule has 4 nitrogen and oxygen atoms in total. The first-order chi connectivity index (χ1) is 9.83. The SMILES string of the molecule is CC1CCC(NS(=O)(=O)c2cc(CO)ccc2F)CC1C. The third-order valence-corrected chi connectivity index (χ3v) is 5.92. The van der Waals surface area contributed by atoms with Crippen LogP contribution in [-0.2, 0) is 16.6 Å². The molecule has 1 aliphatic carbocycles. The Hall–Kier alpha value is -0.980. The third kappa shape index (κ3) is 3.81. The summed E-state index contributed by atoms with van der Waals surface area (Å²) in [4.78, 5) is -0.389. The minimum absolute atomic E-state index is 0.154. The van der Waals surface area contributed by atoms with Crippen LogP contribution in [-0.4, -0.2) is 19.6 Å². The Morgan fingerprint density at radius 1 is 1.29 bits per heavy atom. The van der Waals surface area contributed by atoms with Crippen molar-refractivity contribution in [3.05, 3.63) is 29.6 Å². The van der Waals surface area contributed by atoms with Crippen LogP contribution in [0.1, 0.15) is 38.7 Å². The number of sulfonamides is 1. The van der Waals surface area contributed by atoms with Crippen LogP contribution in [0.2, 0.25) is 0 Å². The highest BCUT2D eigenvalue weighted by molar-refractivity contribution is 7.89. The lowest BCUT2D eigenvalue weighted by Gasteiger charge is -2.32. The standard InChI is InChI=1S/C15H22FNO3S/c1-10-3-5-13(7-11(10)2)17-21(19,20)15-8-12(9-18)4-6-14(15)16/h4,6,8,10-11,13,17-18H,3,5,7,9H2,1-2H3. The van der Waals surface area contributed by atoms with Crippen LogP contribution in [0.25, 0.3) is 0 Å². The lowest BCUT2D eigenvalue weighted by atomic mass is 9.79. The minimum Gasteiger partial charge on any atom is -0.392 e. The maximum Gasteiger partial charge on any atom is 0.243 e. The quantitative estimate of drug-likeness (QED) is 0.897. The van der Waals surface area contributed by atoms with E-state index >= 15 is 0 Å². The Morgan fingerprint density at radius 3 is 2.62 bits per heavy atom. The Balaban J connectivity index is 2.19. The van der Waals surface area contributed by atoms with Crippen LogP contribution in [0.15, 0.2) is 23.1 Å². The molecule has 0 aliphatic heterocycles. The van der Waals surface area contributed by atoms with Crippen LogP contribution < -0.4 is 4.72 Å². The molecule has 118 valence electrons. The zero-order chi connectivity index (χ0) is 15.6. The second kappa shape index (κ2) is 6.42. The van der Waals surface area contributed by atoms with Gasteiger partial charge in [-0.15, -0.1) is 0 Å². The summed E-state index contributed by atoms with van der Waals surface area (Å²) in [6, 6.07) is 3.48. The van der Waals surface area contributed by atoms with E-state index in [-0.39, 0.29) is 17.5 Å². The predicted octanol–water partition coefficient (Wildman–Crippen LogP) is 2.42. The molecule has 1 aromatic rings. The largest absolute Gasteiger partial charge is 0.392 e. The van der Waals surface area contributed by atoms with E-state index in [0.717, 1.165) is 25.3 Å². The topological polar surface area (TPSA) is 66.4 Å². The first-order valence-corrected chi connectivity index (χ1v) is 8.73. The van der Waals surface area contributed by atoms with Gasteiger partial charge in [0.2, 0.25) is 10.0 Å². The van der Waals surface area contributed by atoms with E-state index in [9.17, 15) is 12.8 Å². The van der Waals surface area contributed by atoms with Gasteiger partial charge in [-0.1, -0.05) is 19.9 Å². The number of halogens is 1. The fourth-order valence-electron chi connectivity index (χ4n) is 2.79. The second-order valence-corrected chi connectivity index (χ2v) is 7.69. The van der Waals surface area contributed by atoms with Crippen LogP contribution in [0.4, 0.5) is 4.39 Å². The molecule has 2 N–H and O–H groups in total. The summed E-state index contributed by atoms with van der Waals surface area (Å²) in [6.07, 6.45) is 2.50. The van der Waals surface area contributed by atoms with Gasteiger partial charge in [0.05, 0.1) is 6.61 Å². The van der Waals surface area contributed by atoms with Crippen molar-refractivity contribution >= 4 is 10.0 Å². The molecule has 1 fully saturated rings. The van der Waals surface area contributed by atoms with E-state index in [4.69, 9.17) is 5.11 Å². The summed E-state index contributed by atoms with van der Waals surface area (Å²) in [5.41, 5.74) is 0.377. The number of hydrogen-bond acceptors (Lipinski definition) is 3. The Bertz CT molecular complexity index is 603. The third-order valence-electron chi connectivity index (χ3n) is 4.39. The van der Waals surface area contributed by atoms with Crippen molar-refractivity contribution in [2.75, 3.05) is 0 Å². The van der Waals surface area contributed by atoms with Gasteiger partial charge in [0.25, 0.3) is 0 Å². The number of aliphatic hydroxyl groups excluding tert-OH is 1. The van der Waals surface area contributed by atoms with Gasteiger partial charge in [-0.3, -0.25) is 0 Å². The molecule has 2 rings (SSSR count). The smallest absolute Gasteiger partial charge is 0.243 e. The van der Waals surface area contributed by atoms with E-state index in [2.05, 4.69) is 18.6 Å². The van der Waals surface area contributed by atoms with Gasteiger partial charge in [-0.05, 0) is 48.8 Å². The average molecular weight is 315 g/mol. The summed E-state index contributed by atoms with van der Waals surface area (Å²) < 4.78 is 41.1. The first kappa shape index (κ1) is 16.4. The van der Waals surface area contributed by atoms with Gasteiger partial charge >= 0.3 is 0 Å². The number of rotatable bonds is 4. The van der Waals surface area contributed by atoms with Gasteiger partial charge in [0.1, 0.15) is 10.7 Å². The molecule has 0 heterocycles. The van der Waals surface area contributed by atoms with Crippen molar-refractivity contribution in [3.63, 3.8) is 0 Å². The molecule has 0 aromatic heterocycles. The molecule has 0 amide bonds. The maximum atomic E-state index is 13.8. The Morgan fingerprint density at radius 2 is 2.00 bits per heavy atom. The van der Waals surface area contributed by atoms with Crippen LogP contribution >= 0.6 is 0 Å². The van der Waals surface area contributed by atoms with Gasteiger partial charge < -0.3 is 5.11 Å². The molecular formula is C15H22FNO3S. The fourth-order valence-corrected chi connectivity index (χ4v) is 4.20. The van der Waals surface area contributed by atoms with E-state index < -0.39 is 15.8 Å². The van der Waals surface area contributed by atoms with E-state index in [1.165, 1.54) is 12.1 Å². The second-order valence-electron chi connectivity index (χ2n) is 6.01. The molecule has 1 saturated carbocycles. The lowest BCUT2D eigenvalue weighted by molar-refractivity contribution is 0.241.